The lowest BCUT2D eigenvalue weighted by Gasteiger charge is -2.28. The SMILES string of the molecule is Cc1cccc(-n2c(S[C@@H](C)C(=O)Nc3cc(C)on3)nnc2N2CCOCC2)c1. The van der Waals surface area contributed by atoms with Crippen LogP contribution in [0.3, 0.4) is 0 Å². The predicted octanol–water partition coefficient (Wildman–Crippen LogP) is 2.83. The Labute approximate surface area is 178 Å². The second-order valence-electron chi connectivity index (χ2n) is 7.13. The summed E-state index contributed by atoms with van der Waals surface area (Å²) in [6.45, 7) is 8.45. The number of aryl methyl sites for hydroxylation is 2. The van der Waals surface area contributed by atoms with Crippen LogP contribution in [0.5, 0.6) is 0 Å². The number of thioether (sulfide) groups is 1. The highest BCUT2D eigenvalue weighted by atomic mass is 32.2. The fourth-order valence-electron chi connectivity index (χ4n) is 3.16. The van der Waals surface area contributed by atoms with Crippen LogP contribution >= 0.6 is 11.8 Å². The van der Waals surface area contributed by atoms with Crippen LogP contribution in [-0.4, -0.2) is 57.4 Å². The first-order valence-corrected chi connectivity index (χ1v) is 10.7. The molecule has 9 nitrogen and oxygen atoms in total. The zero-order valence-corrected chi connectivity index (χ0v) is 18.0. The van der Waals surface area contributed by atoms with Gasteiger partial charge in [0.2, 0.25) is 11.9 Å². The van der Waals surface area contributed by atoms with Crippen LogP contribution in [-0.2, 0) is 9.53 Å². The number of aromatic nitrogens is 4. The molecule has 1 N–H and O–H groups in total. The zero-order chi connectivity index (χ0) is 21.1. The smallest absolute Gasteiger partial charge is 0.238 e. The molecule has 3 heterocycles. The molecule has 0 radical (unpaired) electrons. The maximum absolute atomic E-state index is 12.6. The molecule has 1 aliphatic rings. The lowest BCUT2D eigenvalue weighted by molar-refractivity contribution is -0.115. The van der Waals surface area contributed by atoms with Crippen molar-refractivity contribution in [2.75, 3.05) is 36.5 Å². The highest BCUT2D eigenvalue weighted by molar-refractivity contribution is 8.00. The zero-order valence-electron chi connectivity index (χ0n) is 17.2. The van der Waals surface area contributed by atoms with Crippen molar-refractivity contribution in [3.05, 3.63) is 41.7 Å². The molecule has 3 aromatic rings. The van der Waals surface area contributed by atoms with E-state index in [1.807, 2.05) is 36.6 Å². The number of amides is 1. The molecule has 2 aromatic heterocycles. The Morgan fingerprint density at radius 3 is 2.70 bits per heavy atom. The Balaban J connectivity index is 1.60. The summed E-state index contributed by atoms with van der Waals surface area (Å²) in [5.41, 5.74) is 2.10. The molecule has 0 saturated carbocycles. The molecule has 0 spiro atoms. The number of carbonyl (C=O) groups excluding carboxylic acids is 1. The number of nitrogens with one attached hydrogen (secondary N) is 1. The van der Waals surface area contributed by atoms with Crippen molar-refractivity contribution in [3.8, 4) is 5.69 Å². The van der Waals surface area contributed by atoms with Crippen molar-refractivity contribution in [3.63, 3.8) is 0 Å². The lowest BCUT2D eigenvalue weighted by atomic mass is 10.2. The monoisotopic (exact) mass is 428 g/mol. The molecule has 0 bridgehead atoms. The Bertz CT molecular complexity index is 1030. The van der Waals surface area contributed by atoms with E-state index in [2.05, 4.69) is 31.6 Å². The van der Waals surface area contributed by atoms with Gasteiger partial charge in [-0.3, -0.25) is 9.36 Å². The number of rotatable bonds is 6. The predicted molar refractivity (Wildman–Crippen MR) is 114 cm³/mol. The van der Waals surface area contributed by atoms with E-state index in [4.69, 9.17) is 9.26 Å². The molecule has 1 aromatic carbocycles. The number of hydrogen-bond donors (Lipinski definition) is 1. The molecule has 30 heavy (non-hydrogen) atoms. The second kappa shape index (κ2) is 8.88. The quantitative estimate of drug-likeness (QED) is 0.599. The van der Waals surface area contributed by atoms with Gasteiger partial charge >= 0.3 is 0 Å². The maximum Gasteiger partial charge on any atom is 0.238 e. The number of ether oxygens (including phenoxy) is 1. The van der Waals surface area contributed by atoms with Crippen LogP contribution in [0.25, 0.3) is 5.69 Å². The topological polar surface area (TPSA) is 98.3 Å². The molecule has 158 valence electrons. The average molecular weight is 429 g/mol. The summed E-state index contributed by atoms with van der Waals surface area (Å²) in [4.78, 5) is 14.8. The summed E-state index contributed by atoms with van der Waals surface area (Å²) in [7, 11) is 0. The van der Waals surface area contributed by atoms with E-state index in [1.54, 1.807) is 13.0 Å². The Kier molecular flexibility index (Phi) is 6.05. The van der Waals surface area contributed by atoms with E-state index in [9.17, 15) is 4.79 Å². The van der Waals surface area contributed by atoms with Gasteiger partial charge in [0, 0.05) is 19.2 Å². The van der Waals surface area contributed by atoms with Crippen molar-refractivity contribution in [1.29, 1.82) is 0 Å². The van der Waals surface area contributed by atoms with Crippen LogP contribution in [0.4, 0.5) is 11.8 Å². The summed E-state index contributed by atoms with van der Waals surface area (Å²) in [6.07, 6.45) is 0. The van der Waals surface area contributed by atoms with E-state index in [1.165, 1.54) is 11.8 Å². The Morgan fingerprint density at radius 1 is 1.20 bits per heavy atom. The number of nitrogens with zero attached hydrogens (tertiary/aromatic N) is 5. The van der Waals surface area contributed by atoms with Crippen LogP contribution in [0, 0.1) is 13.8 Å². The molecule has 1 atom stereocenters. The van der Waals surface area contributed by atoms with Crippen molar-refractivity contribution in [2.45, 2.75) is 31.2 Å². The fourth-order valence-corrected chi connectivity index (χ4v) is 4.03. The van der Waals surface area contributed by atoms with Gasteiger partial charge in [0.15, 0.2) is 11.0 Å². The number of hydrogen-bond acceptors (Lipinski definition) is 8. The first-order chi connectivity index (χ1) is 14.5. The van der Waals surface area contributed by atoms with Gasteiger partial charge in [-0.2, -0.15) is 0 Å². The number of benzene rings is 1. The molecule has 1 fully saturated rings. The molecule has 1 aliphatic heterocycles. The minimum Gasteiger partial charge on any atom is -0.378 e. The van der Waals surface area contributed by atoms with Crippen LogP contribution in [0.1, 0.15) is 18.2 Å². The highest BCUT2D eigenvalue weighted by Gasteiger charge is 2.25. The highest BCUT2D eigenvalue weighted by Crippen LogP contribution is 2.30. The normalized spacial score (nSPS) is 15.2. The van der Waals surface area contributed by atoms with Gasteiger partial charge in [0.25, 0.3) is 0 Å². The van der Waals surface area contributed by atoms with E-state index in [0.29, 0.717) is 29.9 Å². The third kappa shape index (κ3) is 4.49. The third-order valence-electron chi connectivity index (χ3n) is 4.70. The molecule has 1 amide bonds. The summed E-state index contributed by atoms with van der Waals surface area (Å²) >= 11 is 1.35. The third-order valence-corrected chi connectivity index (χ3v) is 5.74. The molecule has 10 heteroatoms. The van der Waals surface area contributed by atoms with Crippen molar-refractivity contribution in [1.82, 2.24) is 19.9 Å². The van der Waals surface area contributed by atoms with Gasteiger partial charge in [0.1, 0.15) is 5.76 Å². The van der Waals surface area contributed by atoms with E-state index < -0.39 is 5.25 Å². The first-order valence-electron chi connectivity index (χ1n) is 9.77. The summed E-state index contributed by atoms with van der Waals surface area (Å²) in [5.74, 6) is 1.62. The van der Waals surface area contributed by atoms with E-state index in [0.717, 1.165) is 30.3 Å². The molecular weight excluding hydrogens is 404 g/mol. The molecular formula is C20H24N6O3S. The molecule has 0 unspecified atom stereocenters. The molecule has 1 saturated heterocycles. The standard InChI is InChI=1S/C20H24N6O3S/c1-13-5-4-6-16(11-13)26-19(25-7-9-28-10-8-25)22-23-20(26)30-15(3)18(27)21-17-12-14(2)29-24-17/h4-6,11-12,15H,7-10H2,1-3H3,(H,21,24,27)/t15-/m0/s1. The Morgan fingerprint density at radius 2 is 2.00 bits per heavy atom. The number of morpholine rings is 1. The lowest BCUT2D eigenvalue weighted by Crippen LogP contribution is -2.38. The maximum atomic E-state index is 12.6. The van der Waals surface area contributed by atoms with E-state index in [-0.39, 0.29) is 5.91 Å². The largest absolute Gasteiger partial charge is 0.378 e. The van der Waals surface area contributed by atoms with Gasteiger partial charge in [0.05, 0.1) is 24.2 Å². The first kappa shape index (κ1) is 20.4. The van der Waals surface area contributed by atoms with E-state index >= 15 is 0 Å². The second-order valence-corrected chi connectivity index (χ2v) is 8.44. The van der Waals surface area contributed by atoms with Gasteiger partial charge < -0.3 is 19.5 Å². The van der Waals surface area contributed by atoms with Crippen molar-refractivity contribution < 1.29 is 14.1 Å². The minimum atomic E-state index is -0.410. The molecule has 0 aliphatic carbocycles. The van der Waals surface area contributed by atoms with Gasteiger partial charge in [-0.1, -0.05) is 29.1 Å². The van der Waals surface area contributed by atoms with Crippen LogP contribution in [0.15, 0.2) is 40.0 Å². The van der Waals surface area contributed by atoms with Crippen molar-refractivity contribution >= 4 is 29.4 Å². The average Bonchev–Trinajstić information content (AvgIpc) is 3.34. The molecule has 4 rings (SSSR count). The number of carbonyl (C=O) groups is 1. The minimum absolute atomic E-state index is 0.181. The fraction of sp³-hybridized carbons (Fsp3) is 0.400. The Hall–Kier alpha value is -2.85. The van der Waals surface area contributed by atoms with Gasteiger partial charge in [-0.05, 0) is 38.5 Å². The summed E-state index contributed by atoms with van der Waals surface area (Å²) in [5, 5.41) is 15.7. The van der Waals surface area contributed by atoms with Gasteiger partial charge in [-0.15, -0.1) is 10.2 Å². The number of anilines is 2. The van der Waals surface area contributed by atoms with Crippen LogP contribution in [0.2, 0.25) is 0 Å². The van der Waals surface area contributed by atoms with Crippen molar-refractivity contribution in [2.24, 2.45) is 0 Å². The van der Waals surface area contributed by atoms with Gasteiger partial charge in [-0.25, -0.2) is 0 Å². The summed E-state index contributed by atoms with van der Waals surface area (Å²) in [6, 6.07) is 9.84. The van der Waals surface area contributed by atoms with Crippen LogP contribution < -0.4 is 10.2 Å². The summed E-state index contributed by atoms with van der Waals surface area (Å²) < 4.78 is 12.5.